The van der Waals surface area contributed by atoms with Gasteiger partial charge in [-0.2, -0.15) is 0 Å². The van der Waals surface area contributed by atoms with E-state index < -0.39 is 25.2 Å². The molecule has 6 heteroatoms. The first-order valence-corrected chi connectivity index (χ1v) is 5.51. The number of hydrogen-bond donors (Lipinski definition) is 2. The van der Waals surface area contributed by atoms with Crippen molar-refractivity contribution < 1.29 is 24.4 Å². The summed E-state index contributed by atoms with van der Waals surface area (Å²) in [7, 11) is -1.38. The molecule has 0 amide bonds. The van der Waals surface area contributed by atoms with Gasteiger partial charge in [0.1, 0.15) is 12.3 Å². The molecule has 1 aliphatic rings. The van der Waals surface area contributed by atoms with Crippen LogP contribution in [0.5, 0.6) is 0 Å². The van der Waals surface area contributed by atoms with Crippen LogP contribution < -0.4 is 0 Å². The zero-order valence-electron chi connectivity index (χ0n) is 6.89. The minimum Gasteiger partial charge on any atom is -0.480 e. The van der Waals surface area contributed by atoms with Gasteiger partial charge in [-0.15, -0.1) is 0 Å². The molecule has 0 saturated carbocycles. The van der Waals surface area contributed by atoms with Crippen molar-refractivity contribution in [3.05, 3.63) is 0 Å². The Morgan fingerprint density at radius 2 is 1.46 bits per heavy atom. The van der Waals surface area contributed by atoms with Crippen LogP contribution >= 0.6 is 7.80 Å². The van der Waals surface area contributed by atoms with Crippen molar-refractivity contribution in [3.63, 3.8) is 0 Å². The maximum atomic E-state index is 11.0. The third-order valence-electron chi connectivity index (χ3n) is 2.39. The summed E-state index contributed by atoms with van der Waals surface area (Å²) in [5.41, 5.74) is -1.69. The van der Waals surface area contributed by atoms with Gasteiger partial charge in [-0.05, 0) is 0 Å². The molecule has 1 aliphatic heterocycles. The van der Waals surface area contributed by atoms with E-state index in [1.165, 1.54) is 0 Å². The molecule has 0 aromatic rings. The zero-order chi connectivity index (χ0) is 10.1. The molecule has 0 aromatic carbocycles. The molecular formula is C7H10O5P+. The molecule has 1 fully saturated rings. The van der Waals surface area contributed by atoms with E-state index in [1.807, 2.05) is 0 Å². The van der Waals surface area contributed by atoms with Crippen molar-refractivity contribution >= 4 is 19.7 Å². The molecule has 2 N–H and O–H groups in total. The Balaban J connectivity index is 2.87. The molecule has 0 radical (unpaired) electrons. The van der Waals surface area contributed by atoms with E-state index >= 15 is 0 Å². The normalized spacial score (nSPS) is 21.1. The number of carboxylic acid groups (broad SMARTS) is 2. The van der Waals surface area contributed by atoms with Gasteiger partial charge < -0.3 is 10.2 Å². The lowest BCUT2D eigenvalue weighted by molar-refractivity contribution is -0.165. The van der Waals surface area contributed by atoms with Crippen molar-refractivity contribution in [3.8, 4) is 0 Å². The number of aliphatic carboxylic acids is 2. The van der Waals surface area contributed by atoms with Gasteiger partial charge in [-0.3, -0.25) is 9.59 Å². The summed E-state index contributed by atoms with van der Waals surface area (Å²) in [5, 5.41) is 17.5. The molecule has 0 aliphatic carbocycles. The molecule has 72 valence electrons. The van der Waals surface area contributed by atoms with Gasteiger partial charge >= 0.3 is 19.7 Å². The zero-order valence-corrected chi connectivity index (χ0v) is 7.79. The minimum atomic E-state index is -1.69. The lowest BCUT2D eigenvalue weighted by atomic mass is 9.82. The third kappa shape index (κ3) is 1.70. The van der Waals surface area contributed by atoms with Crippen LogP contribution in [0.3, 0.4) is 0 Å². The highest BCUT2D eigenvalue weighted by Gasteiger charge is 2.52. The Hall–Kier alpha value is -0.960. The quantitative estimate of drug-likeness (QED) is 0.513. The van der Waals surface area contributed by atoms with Crippen LogP contribution in [-0.2, 0) is 14.2 Å². The first kappa shape index (κ1) is 10.1. The molecule has 1 saturated heterocycles. The highest BCUT2D eigenvalue weighted by Crippen LogP contribution is 2.41. The van der Waals surface area contributed by atoms with E-state index in [0.717, 1.165) is 0 Å². The fourth-order valence-electron chi connectivity index (χ4n) is 1.39. The van der Waals surface area contributed by atoms with Gasteiger partial charge in [0.15, 0.2) is 5.41 Å². The van der Waals surface area contributed by atoms with Crippen LogP contribution in [0.25, 0.3) is 0 Å². The maximum absolute atomic E-state index is 11.0. The Morgan fingerprint density at radius 3 is 1.77 bits per heavy atom. The fraction of sp³-hybridized carbons (Fsp3) is 0.714. The average molecular weight is 205 g/mol. The van der Waals surface area contributed by atoms with E-state index in [0.29, 0.717) is 0 Å². The average Bonchev–Trinajstić information content (AvgIpc) is 2.04. The van der Waals surface area contributed by atoms with Gasteiger partial charge in [0.05, 0.1) is 0 Å². The standard InChI is InChI=1S/C7H9O5P/c8-5(9)7(6(10)11)1-3-13(12)4-2-7/h1-4H2,(H-,8,9,10,11)/p+1. The lowest BCUT2D eigenvalue weighted by Gasteiger charge is -2.23. The highest BCUT2D eigenvalue weighted by atomic mass is 31.1. The Bertz CT molecular complexity index is 246. The van der Waals surface area contributed by atoms with Crippen LogP contribution in [0.2, 0.25) is 0 Å². The molecule has 1 rings (SSSR count). The summed E-state index contributed by atoms with van der Waals surface area (Å²) in [6, 6.07) is 0. The highest BCUT2D eigenvalue weighted by molar-refractivity contribution is 7.44. The minimum absolute atomic E-state index is 0.0210. The molecular weight excluding hydrogens is 195 g/mol. The second kappa shape index (κ2) is 3.42. The van der Waals surface area contributed by atoms with Crippen LogP contribution in [0.1, 0.15) is 12.8 Å². The number of carboxylic acids is 2. The third-order valence-corrected chi connectivity index (χ3v) is 3.84. The molecule has 0 bridgehead atoms. The smallest absolute Gasteiger partial charge is 0.338 e. The summed E-state index contributed by atoms with van der Waals surface area (Å²) in [5.74, 6) is -2.63. The van der Waals surface area contributed by atoms with Gasteiger partial charge in [0, 0.05) is 12.8 Å². The second-order valence-corrected chi connectivity index (χ2v) is 4.98. The van der Waals surface area contributed by atoms with E-state index in [4.69, 9.17) is 10.2 Å². The van der Waals surface area contributed by atoms with Crippen LogP contribution in [-0.4, -0.2) is 34.5 Å². The number of hydrogen-bond acceptors (Lipinski definition) is 3. The molecule has 5 nitrogen and oxygen atoms in total. The fourth-order valence-corrected chi connectivity index (χ4v) is 2.87. The van der Waals surface area contributed by atoms with Crippen molar-refractivity contribution in [2.24, 2.45) is 5.41 Å². The van der Waals surface area contributed by atoms with E-state index in [9.17, 15) is 14.2 Å². The van der Waals surface area contributed by atoms with Crippen molar-refractivity contribution in [1.29, 1.82) is 0 Å². The van der Waals surface area contributed by atoms with E-state index in [2.05, 4.69) is 0 Å². The van der Waals surface area contributed by atoms with Gasteiger partial charge in [0.25, 0.3) is 0 Å². The Labute approximate surface area is 75.5 Å². The molecule has 0 spiro atoms. The molecule has 0 atom stereocenters. The Morgan fingerprint density at radius 1 is 1.08 bits per heavy atom. The van der Waals surface area contributed by atoms with Crippen molar-refractivity contribution in [1.82, 2.24) is 0 Å². The van der Waals surface area contributed by atoms with Gasteiger partial charge in [-0.25, -0.2) is 0 Å². The summed E-state index contributed by atoms with van der Waals surface area (Å²) in [4.78, 5) is 21.5. The van der Waals surface area contributed by atoms with Crippen LogP contribution in [0.15, 0.2) is 0 Å². The molecule has 13 heavy (non-hydrogen) atoms. The van der Waals surface area contributed by atoms with Gasteiger partial charge in [0.2, 0.25) is 0 Å². The van der Waals surface area contributed by atoms with Crippen molar-refractivity contribution in [2.75, 3.05) is 12.3 Å². The largest absolute Gasteiger partial charge is 0.480 e. The monoisotopic (exact) mass is 205 g/mol. The summed E-state index contributed by atoms with van der Waals surface area (Å²) < 4.78 is 11.0. The maximum Gasteiger partial charge on any atom is 0.338 e. The topological polar surface area (TPSA) is 91.7 Å². The van der Waals surface area contributed by atoms with Gasteiger partial charge in [-0.1, -0.05) is 4.57 Å². The first-order chi connectivity index (χ1) is 5.99. The van der Waals surface area contributed by atoms with Crippen molar-refractivity contribution in [2.45, 2.75) is 12.8 Å². The van der Waals surface area contributed by atoms with E-state index in [-0.39, 0.29) is 25.2 Å². The number of rotatable bonds is 2. The van der Waals surface area contributed by atoms with E-state index in [1.54, 1.807) is 0 Å². The summed E-state index contributed by atoms with van der Waals surface area (Å²) in [6.45, 7) is 0. The second-order valence-electron chi connectivity index (χ2n) is 3.12. The predicted octanol–water partition coefficient (Wildman–Crippen LogP) is 0.763. The van der Waals surface area contributed by atoms with Crippen LogP contribution in [0, 0.1) is 5.41 Å². The summed E-state index contributed by atoms with van der Waals surface area (Å²) in [6.07, 6.45) is 0.363. The molecule has 1 heterocycles. The van der Waals surface area contributed by atoms with Crippen LogP contribution in [0.4, 0.5) is 0 Å². The predicted molar refractivity (Wildman–Crippen MR) is 44.3 cm³/mol. The first-order valence-electron chi connectivity index (χ1n) is 3.88. The number of carbonyl (C=O) groups is 2. The SMILES string of the molecule is O=C(O)C1(C(=O)O)CC[P+](=O)CC1. The summed E-state index contributed by atoms with van der Waals surface area (Å²) >= 11 is 0. The Kier molecular flexibility index (Phi) is 2.66. The lowest BCUT2D eigenvalue weighted by Crippen LogP contribution is -2.42. The molecule has 0 unspecified atom stereocenters. The molecule has 0 aromatic heterocycles.